The van der Waals surface area contributed by atoms with Gasteiger partial charge in [0.15, 0.2) is 11.5 Å². The minimum Gasteiger partial charge on any atom is -0.454 e. The normalized spacial score (nSPS) is 14.4. The van der Waals surface area contributed by atoms with Crippen molar-refractivity contribution < 1.29 is 19.1 Å². The van der Waals surface area contributed by atoms with E-state index in [4.69, 9.17) is 9.47 Å². The van der Waals surface area contributed by atoms with Gasteiger partial charge in [0.25, 0.3) is 5.91 Å². The van der Waals surface area contributed by atoms with Crippen LogP contribution in [0.3, 0.4) is 0 Å². The Labute approximate surface area is 152 Å². The molecule has 1 N–H and O–H groups in total. The maximum Gasteiger partial charge on any atom is 0.258 e. The van der Waals surface area contributed by atoms with Crippen LogP contribution in [0.2, 0.25) is 0 Å². The molecule has 0 unspecified atom stereocenters. The number of nitrogens with one attached hydrogen (secondary N) is 1. The van der Waals surface area contributed by atoms with Gasteiger partial charge in [-0.2, -0.15) is 0 Å². The van der Waals surface area contributed by atoms with Crippen LogP contribution >= 0.6 is 15.9 Å². The standard InChI is InChI=1S/C18H15BrN2O4/c1-10(22)20-14-8-13(19)6-11-4-5-21(17(11)14)18(23)12-2-3-15-16(7-12)25-9-24-15/h2-3,6-8H,4-5,9H2,1H3,(H,20,22). The van der Waals surface area contributed by atoms with Gasteiger partial charge in [-0.1, -0.05) is 15.9 Å². The Hall–Kier alpha value is -2.54. The molecule has 0 atom stereocenters. The Morgan fingerprint density at radius 3 is 2.76 bits per heavy atom. The Kier molecular flexibility index (Phi) is 3.88. The Bertz CT molecular complexity index is 897. The van der Waals surface area contributed by atoms with Gasteiger partial charge in [-0.05, 0) is 42.3 Å². The Balaban J connectivity index is 1.72. The van der Waals surface area contributed by atoms with E-state index in [1.807, 2.05) is 12.1 Å². The van der Waals surface area contributed by atoms with Crippen molar-refractivity contribution in [2.24, 2.45) is 0 Å². The quantitative estimate of drug-likeness (QED) is 0.836. The number of hydrogen-bond acceptors (Lipinski definition) is 4. The Morgan fingerprint density at radius 1 is 1.16 bits per heavy atom. The molecule has 25 heavy (non-hydrogen) atoms. The third-order valence-electron chi connectivity index (χ3n) is 4.20. The van der Waals surface area contributed by atoms with E-state index in [9.17, 15) is 9.59 Å². The molecule has 0 spiro atoms. The zero-order valence-corrected chi connectivity index (χ0v) is 15.1. The van der Waals surface area contributed by atoms with Gasteiger partial charge >= 0.3 is 0 Å². The van der Waals surface area contributed by atoms with E-state index in [0.29, 0.717) is 29.3 Å². The largest absolute Gasteiger partial charge is 0.454 e. The van der Waals surface area contributed by atoms with Crippen LogP contribution in [0.25, 0.3) is 0 Å². The predicted molar refractivity (Wildman–Crippen MR) is 96.4 cm³/mol. The van der Waals surface area contributed by atoms with E-state index in [1.165, 1.54) is 6.92 Å². The SMILES string of the molecule is CC(=O)Nc1cc(Br)cc2c1N(C(=O)c1ccc3c(c1)OCO3)CC2. The fourth-order valence-corrected chi connectivity index (χ4v) is 3.69. The molecule has 0 aliphatic carbocycles. The number of halogens is 1. The van der Waals surface area contributed by atoms with Crippen molar-refractivity contribution in [2.75, 3.05) is 23.6 Å². The van der Waals surface area contributed by atoms with Crippen LogP contribution in [-0.2, 0) is 11.2 Å². The van der Waals surface area contributed by atoms with Crippen LogP contribution < -0.4 is 19.7 Å². The smallest absolute Gasteiger partial charge is 0.258 e. The summed E-state index contributed by atoms with van der Waals surface area (Å²) < 4.78 is 11.5. The average molecular weight is 403 g/mol. The molecule has 2 aromatic carbocycles. The molecule has 0 bridgehead atoms. The number of carbonyl (C=O) groups is 2. The highest BCUT2D eigenvalue weighted by molar-refractivity contribution is 9.10. The molecule has 0 fully saturated rings. The highest BCUT2D eigenvalue weighted by Gasteiger charge is 2.30. The molecular formula is C18H15BrN2O4. The highest BCUT2D eigenvalue weighted by atomic mass is 79.9. The Morgan fingerprint density at radius 2 is 1.96 bits per heavy atom. The van der Waals surface area contributed by atoms with Gasteiger partial charge < -0.3 is 19.7 Å². The van der Waals surface area contributed by atoms with Crippen molar-refractivity contribution in [3.63, 3.8) is 0 Å². The van der Waals surface area contributed by atoms with Crippen molar-refractivity contribution in [2.45, 2.75) is 13.3 Å². The third-order valence-corrected chi connectivity index (χ3v) is 4.66. The van der Waals surface area contributed by atoms with E-state index in [2.05, 4.69) is 21.2 Å². The molecule has 0 saturated carbocycles. The summed E-state index contributed by atoms with van der Waals surface area (Å²) in [6, 6.07) is 8.95. The molecule has 0 radical (unpaired) electrons. The van der Waals surface area contributed by atoms with Crippen LogP contribution in [-0.4, -0.2) is 25.2 Å². The lowest BCUT2D eigenvalue weighted by Gasteiger charge is -2.21. The number of hydrogen-bond donors (Lipinski definition) is 1. The second-order valence-corrected chi connectivity index (χ2v) is 6.83. The lowest BCUT2D eigenvalue weighted by molar-refractivity contribution is -0.114. The van der Waals surface area contributed by atoms with Crippen LogP contribution in [0.1, 0.15) is 22.8 Å². The molecule has 2 heterocycles. The number of nitrogens with zero attached hydrogens (tertiary/aromatic N) is 1. The van der Waals surface area contributed by atoms with Crippen molar-refractivity contribution >= 4 is 39.1 Å². The summed E-state index contributed by atoms with van der Waals surface area (Å²) in [5.41, 5.74) is 2.92. The van der Waals surface area contributed by atoms with Crippen LogP contribution in [0.4, 0.5) is 11.4 Å². The van der Waals surface area contributed by atoms with Crippen molar-refractivity contribution in [1.29, 1.82) is 0 Å². The first-order valence-electron chi connectivity index (χ1n) is 7.84. The number of carbonyl (C=O) groups excluding carboxylic acids is 2. The van der Waals surface area contributed by atoms with Gasteiger partial charge in [-0.15, -0.1) is 0 Å². The molecule has 0 aromatic heterocycles. The zero-order chi connectivity index (χ0) is 17.6. The van der Waals surface area contributed by atoms with Gasteiger partial charge in [0.05, 0.1) is 11.4 Å². The molecule has 128 valence electrons. The molecule has 2 aliphatic rings. The summed E-state index contributed by atoms with van der Waals surface area (Å²) in [5, 5.41) is 2.82. The summed E-state index contributed by atoms with van der Waals surface area (Å²) in [5.74, 6) is 0.901. The monoisotopic (exact) mass is 402 g/mol. The van der Waals surface area contributed by atoms with Gasteiger partial charge in [-0.25, -0.2) is 0 Å². The maximum atomic E-state index is 13.0. The van der Waals surface area contributed by atoms with E-state index >= 15 is 0 Å². The molecule has 4 rings (SSSR count). The average Bonchev–Trinajstić information content (AvgIpc) is 3.19. The summed E-state index contributed by atoms with van der Waals surface area (Å²) in [7, 11) is 0. The van der Waals surface area contributed by atoms with Gasteiger partial charge in [0.1, 0.15) is 0 Å². The molecule has 2 aliphatic heterocycles. The van der Waals surface area contributed by atoms with E-state index in [-0.39, 0.29) is 18.6 Å². The van der Waals surface area contributed by atoms with Crippen molar-refractivity contribution in [3.05, 3.63) is 45.9 Å². The van der Waals surface area contributed by atoms with Crippen LogP contribution in [0, 0.1) is 0 Å². The number of rotatable bonds is 2. The van der Waals surface area contributed by atoms with Gasteiger partial charge in [-0.3, -0.25) is 9.59 Å². The van der Waals surface area contributed by atoms with Gasteiger partial charge in [0, 0.05) is 23.5 Å². The van der Waals surface area contributed by atoms with Crippen molar-refractivity contribution in [3.8, 4) is 11.5 Å². The molecule has 0 saturated heterocycles. The highest BCUT2D eigenvalue weighted by Crippen LogP contribution is 2.40. The minimum absolute atomic E-state index is 0.133. The second-order valence-electron chi connectivity index (χ2n) is 5.92. The first kappa shape index (κ1) is 16.0. The van der Waals surface area contributed by atoms with Gasteiger partial charge in [0.2, 0.25) is 12.7 Å². The topological polar surface area (TPSA) is 67.9 Å². The number of fused-ring (bicyclic) bond motifs is 2. The first-order valence-corrected chi connectivity index (χ1v) is 8.64. The number of ether oxygens (including phenoxy) is 2. The molecular weight excluding hydrogens is 388 g/mol. The zero-order valence-electron chi connectivity index (χ0n) is 13.5. The second kappa shape index (κ2) is 6.07. The summed E-state index contributed by atoms with van der Waals surface area (Å²) in [4.78, 5) is 26.3. The summed E-state index contributed by atoms with van der Waals surface area (Å²) >= 11 is 3.46. The van der Waals surface area contributed by atoms with E-state index in [1.54, 1.807) is 23.1 Å². The van der Waals surface area contributed by atoms with E-state index < -0.39 is 0 Å². The lowest BCUT2D eigenvalue weighted by atomic mass is 10.1. The molecule has 6 nitrogen and oxygen atoms in total. The minimum atomic E-state index is -0.178. The number of benzene rings is 2. The fourth-order valence-electron chi connectivity index (χ4n) is 3.18. The third kappa shape index (κ3) is 2.84. The number of amides is 2. The summed E-state index contributed by atoms with van der Waals surface area (Å²) in [6.07, 6.45) is 0.734. The van der Waals surface area contributed by atoms with Crippen molar-refractivity contribution in [1.82, 2.24) is 0 Å². The number of anilines is 2. The molecule has 2 aromatic rings. The summed E-state index contributed by atoms with van der Waals surface area (Å²) in [6.45, 7) is 2.18. The van der Waals surface area contributed by atoms with Crippen LogP contribution in [0.15, 0.2) is 34.8 Å². The molecule has 7 heteroatoms. The lowest BCUT2D eigenvalue weighted by Crippen LogP contribution is -2.29. The van der Waals surface area contributed by atoms with E-state index in [0.717, 1.165) is 22.1 Å². The first-order chi connectivity index (χ1) is 12.0. The maximum absolute atomic E-state index is 13.0. The fraction of sp³-hybridized carbons (Fsp3) is 0.222. The predicted octanol–water partition coefficient (Wildman–Crippen LogP) is 3.34. The van der Waals surface area contributed by atoms with Crippen LogP contribution in [0.5, 0.6) is 11.5 Å². The molecule has 2 amide bonds.